The van der Waals surface area contributed by atoms with Crippen LogP contribution in [-0.4, -0.2) is 111 Å². The predicted octanol–water partition coefficient (Wildman–Crippen LogP) is 27.0. The van der Waals surface area contributed by atoms with E-state index in [4.69, 9.17) is 47.0 Å². The number of fused-ring (bicyclic) bond motifs is 15. The topological polar surface area (TPSA) is 337 Å². The van der Waals surface area contributed by atoms with Crippen molar-refractivity contribution in [3.63, 3.8) is 0 Å². The first-order chi connectivity index (χ1) is 69.5. The molecule has 0 saturated carbocycles. The summed E-state index contributed by atoms with van der Waals surface area (Å²) in [6.45, 7) is 15.9. The highest BCUT2D eigenvalue weighted by atomic mass is 127. The molecule has 0 N–H and O–H groups in total. The van der Waals surface area contributed by atoms with Gasteiger partial charge in [0.25, 0.3) is 5.69 Å². The number of nitro groups is 1. The summed E-state index contributed by atoms with van der Waals surface area (Å²) in [4.78, 5) is 84.8. The van der Waals surface area contributed by atoms with E-state index in [-0.39, 0.29) is 46.6 Å². The molecule has 11 aromatic heterocycles. The molecule has 0 spiro atoms. The number of para-hydroxylation sites is 1. The first-order valence-electron chi connectivity index (χ1n) is 44.9. The lowest BCUT2D eigenvalue weighted by atomic mass is 9.99. The normalized spacial score (nSPS) is 15.4. The lowest BCUT2D eigenvalue weighted by Gasteiger charge is -2.13. The highest BCUT2D eigenvalue weighted by molar-refractivity contribution is 14.1. The maximum absolute atomic E-state index is 14.7. The number of nitrogens with zero attached hydrogens (tertiary/aromatic N) is 22. The standard InChI is InChI=1S/C22H16BrFN4O.C22H17BrN4O.C21H14BrIN4O.C21H14BrN5O3.C21H16BrN5O/c1-12-21-20(22-13(2)26-11-29-22)25-10-28(21)18-8-7-14(23)9-16(18)19(27-12)15-5-3-4-6-17(15)24;1-13-21-20(22-14(2)25-12-28-22)24-11-27(21)18-9-8-16(23)10-17(18)19(26-13)15-6-4-3-5-7-15;1-12-21-20(18-9-24-11-28-18)25-10-27(21)17-7-6-13(22)8-15(17)19(26-12)14-4-2-3-5-16(14)23;1-12-21-20(18-9-23-11-30-18)24-10-26(21)16-7-6-13(22)8-15(16)19(25-12)14-4-2-3-5-17(14)27(28)29;1-12-20-19(21-13(2)25-11-28-21)24-10-27(20)17-7-6-14(22)9-15(17)18(26-12)16-5-3-4-8-23-16/h3-12H,1-2H3;3-13H,1-2H3;2-12H,1H3;2-12H,1H3;3-12H,1-2H3/t12-;13-;3*12-/m11111/s1. The highest BCUT2D eigenvalue weighted by Gasteiger charge is 2.37. The number of benzene rings is 9. The van der Waals surface area contributed by atoms with Gasteiger partial charge < -0.3 is 22.1 Å². The number of oxazole rings is 5. The number of aryl methyl sites for hydroxylation is 3. The Bertz CT molecular complexity index is 8290. The predicted molar refractivity (Wildman–Crippen MR) is 568 cm³/mol. The molecule has 29 nitrogen and oxygen atoms in total. The maximum Gasteiger partial charge on any atom is 0.278 e. The third-order valence-corrected chi connectivity index (χ3v) is 28.2. The zero-order chi connectivity index (χ0) is 98.7. The molecule has 16 heterocycles. The van der Waals surface area contributed by atoms with Crippen LogP contribution in [0.15, 0.2) is 364 Å². The van der Waals surface area contributed by atoms with Gasteiger partial charge in [-0.1, -0.05) is 159 Å². The SMILES string of the molecule is C[C@H]1N=C(c2ccccc2I)c2cc(Br)ccc2-n2cnc(-c3cnco3)c21.C[C@H]1N=C(c2ccccc2[N+](=O)[O-])c2cc(Br)ccc2-n2cnc(-c3cnco3)c21.Cc1ncoc1-c1ncn2c1[C@@H](C)N=C(c1ccccc1)c1cc(Br)ccc1-2.Cc1ncoc1-c1ncn2c1[C@@H](C)N=C(c1ccccc1F)c1cc(Br)ccc1-2.Cc1ncoc1-c1ncn2c1[C@@H](C)N=C(c1ccccn1)c1cc(Br)ccc1-2. The summed E-state index contributed by atoms with van der Waals surface area (Å²) in [5, 5.41) is 11.7. The average molecular weight is 2330 g/mol. The van der Waals surface area contributed by atoms with E-state index in [0.29, 0.717) is 62.7 Å². The Balaban J connectivity index is 0.000000106. The molecule has 0 fully saturated rings. The van der Waals surface area contributed by atoms with Crippen LogP contribution in [0.1, 0.15) is 166 Å². The van der Waals surface area contributed by atoms with Crippen molar-refractivity contribution in [1.29, 1.82) is 0 Å². The quantitative estimate of drug-likeness (QED) is 0.0659. The third kappa shape index (κ3) is 18.0. The second-order valence-electron chi connectivity index (χ2n) is 33.7. The van der Waals surface area contributed by atoms with Crippen LogP contribution in [0.5, 0.6) is 0 Å². The zero-order valence-electron chi connectivity index (χ0n) is 76.9. The van der Waals surface area contributed by atoms with Gasteiger partial charge in [0.05, 0.1) is 161 Å². The molecule has 5 atom stereocenters. The fourth-order valence-electron chi connectivity index (χ4n) is 18.4. The van der Waals surface area contributed by atoms with Crippen LogP contribution in [0.25, 0.3) is 85.7 Å². The number of rotatable bonds is 11. The van der Waals surface area contributed by atoms with Crippen molar-refractivity contribution in [2.24, 2.45) is 25.0 Å². The van der Waals surface area contributed by atoms with Crippen molar-refractivity contribution >= 4 is 136 Å². The van der Waals surface area contributed by atoms with E-state index in [2.05, 4.69) is 258 Å². The van der Waals surface area contributed by atoms with Crippen molar-refractivity contribution in [1.82, 2.24) is 77.7 Å². The largest absolute Gasteiger partial charge is 0.442 e. The Morgan fingerprint density at radius 1 is 0.336 bits per heavy atom. The summed E-state index contributed by atoms with van der Waals surface area (Å²) in [6, 6.07) is 67.2. The highest BCUT2D eigenvalue weighted by Crippen LogP contribution is 2.46. The summed E-state index contributed by atoms with van der Waals surface area (Å²) in [5.41, 5.74) is 28.1. The smallest absolute Gasteiger partial charge is 0.278 e. The molecule has 0 saturated heterocycles. The molecule has 0 amide bonds. The van der Waals surface area contributed by atoms with E-state index >= 15 is 0 Å². The summed E-state index contributed by atoms with van der Waals surface area (Å²) in [7, 11) is 0. The second-order valence-corrected chi connectivity index (χ2v) is 39.4. The van der Waals surface area contributed by atoms with E-state index < -0.39 is 0 Å². The van der Waals surface area contributed by atoms with Gasteiger partial charge in [0.15, 0.2) is 60.8 Å². The van der Waals surface area contributed by atoms with Gasteiger partial charge in [-0.3, -0.25) is 62.9 Å². The average Bonchev–Trinajstić information content (AvgIpc) is 1.58. The van der Waals surface area contributed by atoms with E-state index in [1.54, 1.807) is 61.6 Å². The summed E-state index contributed by atoms with van der Waals surface area (Å²) in [5.74, 6) is 2.87. The number of nitro benzene ring substituents is 1. The number of hydrogen-bond donors (Lipinski definition) is 0. The van der Waals surface area contributed by atoms with Crippen LogP contribution in [0.3, 0.4) is 0 Å². The lowest BCUT2D eigenvalue weighted by molar-refractivity contribution is -0.385. The molecule has 706 valence electrons. The van der Waals surface area contributed by atoms with Crippen molar-refractivity contribution in [3.8, 4) is 85.7 Å². The molecule has 36 heteroatoms. The van der Waals surface area contributed by atoms with E-state index in [1.165, 1.54) is 44.1 Å². The molecule has 0 radical (unpaired) electrons. The van der Waals surface area contributed by atoms with E-state index in [1.807, 2.05) is 166 Å². The van der Waals surface area contributed by atoms with Gasteiger partial charge in [-0.05, 0) is 205 Å². The molecule has 0 aliphatic carbocycles. The van der Waals surface area contributed by atoms with Crippen LogP contribution in [0.4, 0.5) is 10.1 Å². The van der Waals surface area contributed by atoms with Crippen LogP contribution in [0, 0.1) is 40.3 Å². The fourth-order valence-corrected chi connectivity index (χ4v) is 20.8. The molecule has 5 aliphatic heterocycles. The Morgan fingerprint density at radius 2 is 0.664 bits per heavy atom. The number of hydrogen-bond acceptors (Lipinski definition) is 23. The van der Waals surface area contributed by atoms with Crippen LogP contribution >= 0.6 is 102 Å². The summed E-state index contributed by atoms with van der Waals surface area (Å²) < 4.78 is 58.7. The summed E-state index contributed by atoms with van der Waals surface area (Å²) in [6.07, 6.45) is 21.2. The molecular weight excluding hydrogens is 2250 g/mol. The maximum atomic E-state index is 14.7. The Hall–Kier alpha value is -15.0. The monoisotopic (exact) mass is 2320 g/mol. The molecule has 0 bridgehead atoms. The van der Waals surface area contributed by atoms with Gasteiger partial charge in [0, 0.05) is 82.7 Å². The van der Waals surface area contributed by atoms with Crippen LogP contribution in [-0.2, 0) is 0 Å². The van der Waals surface area contributed by atoms with E-state index in [9.17, 15) is 14.5 Å². The van der Waals surface area contributed by atoms with Gasteiger partial charge >= 0.3 is 0 Å². The minimum atomic E-state index is -0.382. The third-order valence-electron chi connectivity index (χ3n) is 24.8. The van der Waals surface area contributed by atoms with Crippen molar-refractivity contribution in [3.05, 3.63) is 438 Å². The number of aromatic nitrogens is 16. The molecule has 143 heavy (non-hydrogen) atoms. The first kappa shape index (κ1) is 94.3. The van der Waals surface area contributed by atoms with Gasteiger partial charge in [0.1, 0.15) is 65.9 Å². The second kappa shape index (κ2) is 39.9. The number of aliphatic imine (C=N–C) groups is 5. The zero-order valence-corrected chi connectivity index (χ0v) is 87.0. The van der Waals surface area contributed by atoms with Crippen LogP contribution < -0.4 is 0 Å². The number of imidazole rings is 5. The lowest BCUT2D eigenvalue weighted by Crippen LogP contribution is -2.09. The van der Waals surface area contributed by atoms with Gasteiger partial charge in [-0.2, -0.15) is 0 Å². The van der Waals surface area contributed by atoms with Crippen molar-refractivity contribution in [2.75, 3.05) is 0 Å². The first-order valence-corrected chi connectivity index (χ1v) is 50.0. The number of pyridine rings is 1. The summed E-state index contributed by atoms with van der Waals surface area (Å²) >= 11 is 20.3. The van der Waals surface area contributed by atoms with Crippen molar-refractivity contribution < 1.29 is 31.4 Å². The fraction of sp³-hybridized carbons (Fsp3) is 0.121. The van der Waals surface area contributed by atoms with Crippen molar-refractivity contribution in [2.45, 2.75) is 85.6 Å². The Kier molecular flexibility index (Phi) is 26.3. The minimum Gasteiger partial charge on any atom is -0.442 e. The molecular formula is C107H77Br5FIN22O7. The van der Waals surface area contributed by atoms with Crippen LogP contribution in [0.2, 0.25) is 0 Å². The van der Waals surface area contributed by atoms with Gasteiger partial charge in [-0.25, -0.2) is 54.2 Å². The molecule has 5 aliphatic rings. The number of halogens is 7. The molecule has 0 unspecified atom stereocenters. The molecule has 20 aromatic rings. The molecule has 25 rings (SSSR count). The van der Waals surface area contributed by atoms with E-state index in [0.717, 1.165) is 179 Å². The van der Waals surface area contributed by atoms with Gasteiger partial charge in [-0.15, -0.1) is 0 Å². The molecule has 9 aromatic carbocycles. The Morgan fingerprint density at radius 3 is 1.03 bits per heavy atom. The van der Waals surface area contributed by atoms with Gasteiger partial charge in [0.2, 0.25) is 0 Å². The Labute approximate surface area is 871 Å². The minimum absolute atomic E-state index is 0.00883.